The van der Waals surface area contributed by atoms with Crippen LogP contribution >= 0.6 is 0 Å². The minimum atomic E-state index is -3.64. The molecule has 0 amide bonds. The van der Waals surface area contributed by atoms with Crippen LogP contribution in [0.3, 0.4) is 0 Å². The van der Waals surface area contributed by atoms with Crippen molar-refractivity contribution in [3.63, 3.8) is 0 Å². The van der Waals surface area contributed by atoms with E-state index in [1.165, 1.54) is 0 Å². The van der Waals surface area contributed by atoms with Gasteiger partial charge in [0.15, 0.2) is 0 Å². The minimum Gasteiger partial charge on any atom is -0.268 e. The fraction of sp³-hybridized carbons (Fsp3) is 0.235. The second-order valence-corrected chi connectivity index (χ2v) is 6.53. The van der Waals surface area contributed by atoms with Crippen molar-refractivity contribution in [3.8, 4) is 0 Å². The largest absolute Gasteiger partial charge is 0.328 e. The van der Waals surface area contributed by atoms with Crippen LogP contribution in [0.25, 0.3) is 0 Å². The van der Waals surface area contributed by atoms with E-state index in [0.717, 1.165) is 17.5 Å². The quantitative estimate of drug-likeness (QED) is 0.579. The van der Waals surface area contributed by atoms with Gasteiger partial charge in [0.1, 0.15) is 5.71 Å². The second kappa shape index (κ2) is 7.75. The highest BCUT2D eigenvalue weighted by Gasteiger charge is 2.13. The molecule has 0 aliphatic carbocycles. The van der Waals surface area contributed by atoms with Crippen LogP contribution in [-0.4, -0.2) is 19.9 Å². The van der Waals surface area contributed by atoms with Crippen molar-refractivity contribution in [2.24, 2.45) is 5.16 Å². The Hall–Kier alpha value is -2.14. The Morgan fingerprint density at radius 1 is 0.955 bits per heavy atom. The zero-order chi connectivity index (χ0) is 15.8. The van der Waals surface area contributed by atoms with Crippen LogP contribution in [0.4, 0.5) is 0 Å². The van der Waals surface area contributed by atoms with Gasteiger partial charge in [-0.1, -0.05) is 79.2 Å². The maximum Gasteiger partial charge on any atom is 0.328 e. The van der Waals surface area contributed by atoms with Gasteiger partial charge in [0.25, 0.3) is 0 Å². The zero-order valence-electron chi connectivity index (χ0n) is 12.5. The highest BCUT2D eigenvalue weighted by molar-refractivity contribution is 7.86. The summed E-state index contributed by atoms with van der Waals surface area (Å²) in [5.41, 5.74) is 2.11. The van der Waals surface area contributed by atoms with Crippen molar-refractivity contribution in [2.45, 2.75) is 19.8 Å². The number of rotatable bonds is 7. The van der Waals surface area contributed by atoms with Gasteiger partial charge >= 0.3 is 10.1 Å². The molecule has 116 valence electrons. The summed E-state index contributed by atoms with van der Waals surface area (Å²) >= 11 is 0. The predicted octanol–water partition coefficient (Wildman–Crippen LogP) is 3.59. The summed E-state index contributed by atoms with van der Waals surface area (Å²) in [6.45, 7) is 1.93. The summed E-state index contributed by atoms with van der Waals surface area (Å²) in [5.74, 6) is -0.0239. The third-order valence-corrected chi connectivity index (χ3v) is 4.17. The Bertz CT molecular complexity index is 669. The molecule has 0 aromatic heterocycles. The predicted molar refractivity (Wildman–Crippen MR) is 88.3 cm³/mol. The van der Waals surface area contributed by atoms with Crippen LogP contribution in [0.1, 0.15) is 30.9 Å². The Kier molecular flexibility index (Phi) is 5.72. The number of oxime groups is 1. The molecule has 0 heterocycles. The van der Waals surface area contributed by atoms with Gasteiger partial charge in [-0.15, -0.1) is 0 Å². The van der Waals surface area contributed by atoms with Gasteiger partial charge in [-0.05, 0) is 6.42 Å². The Balaban J connectivity index is 2.32. The van der Waals surface area contributed by atoms with Crippen LogP contribution in [0.5, 0.6) is 0 Å². The molecule has 0 bridgehead atoms. The third kappa shape index (κ3) is 4.70. The average molecular weight is 317 g/mol. The average Bonchev–Trinajstić information content (AvgIpc) is 2.55. The van der Waals surface area contributed by atoms with E-state index in [1.807, 2.05) is 67.6 Å². The molecule has 0 atom stereocenters. The number of nitrogens with zero attached hydrogens (tertiary/aromatic N) is 1. The monoisotopic (exact) mass is 317 g/mol. The SMILES string of the molecule is CCCCS(=O)(=O)ON=C(c1ccccc1)c1ccccc1. The number of unbranched alkanes of at least 4 members (excludes halogenated alkanes) is 1. The summed E-state index contributed by atoms with van der Waals surface area (Å²) in [6.07, 6.45) is 1.35. The molecule has 2 aromatic carbocycles. The number of benzene rings is 2. The normalized spacial score (nSPS) is 11.0. The smallest absolute Gasteiger partial charge is 0.268 e. The summed E-state index contributed by atoms with van der Waals surface area (Å²) in [5, 5.41) is 3.92. The van der Waals surface area contributed by atoms with E-state index in [2.05, 4.69) is 5.16 Å². The topological polar surface area (TPSA) is 55.7 Å². The molecule has 5 heteroatoms. The molecule has 0 unspecified atom stereocenters. The van der Waals surface area contributed by atoms with E-state index in [4.69, 9.17) is 4.28 Å². The zero-order valence-corrected chi connectivity index (χ0v) is 13.3. The fourth-order valence-electron chi connectivity index (χ4n) is 1.92. The minimum absolute atomic E-state index is 0.0239. The van der Waals surface area contributed by atoms with Crippen LogP contribution in [0.15, 0.2) is 65.8 Å². The third-order valence-electron chi connectivity index (χ3n) is 3.08. The van der Waals surface area contributed by atoms with E-state index in [0.29, 0.717) is 12.1 Å². The van der Waals surface area contributed by atoms with Crippen LogP contribution in [-0.2, 0) is 14.4 Å². The first kappa shape index (κ1) is 16.2. The van der Waals surface area contributed by atoms with Crippen molar-refractivity contribution in [3.05, 3.63) is 71.8 Å². The lowest BCUT2D eigenvalue weighted by atomic mass is 10.0. The van der Waals surface area contributed by atoms with Gasteiger partial charge in [-0.3, -0.25) is 4.28 Å². The van der Waals surface area contributed by atoms with Gasteiger partial charge in [0, 0.05) is 11.1 Å². The summed E-state index contributed by atoms with van der Waals surface area (Å²) < 4.78 is 28.5. The Labute approximate surface area is 131 Å². The molecule has 0 aliphatic heterocycles. The first-order chi connectivity index (χ1) is 10.6. The number of hydrogen-bond acceptors (Lipinski definition) is 4. The summed E-state index contributed by atoms with van der Waals surface area (Å²) in [7, 11) is -3.64. The first-order valence-electron chi connectivity index (χ1n) is 7.22. The molecule has 0 saturated heterocycles. The molecule has 2 rings (SSSR count). The van der Waals surface area contributed by atoms with Gasteiger partial charge in [-0.25, -0.2) is 0 Å². The maximum absolute atomic E-state index is 11.8. The van der Waals surface area contributed by atoms with Crippen molar-refractivity contribution in [2.75, 3.05) is 5.75 Å². The highest BCUT2D eigenvalue weighted by Crippen LogP contribution is 2.12. The summed E-state index contributed by atoms with van der Waals surface area (Å²) in [6, 6.07) is 18.8. The lowest BCUT2D eigenvalue weighted by molar-refractivity contribution is 0.338. The molecule has 0 aliphatic rings. The van der Waals surface area contributed by atoms with E-state index in [9.17, 15) is 8.42 Å². The van der Waals surface area contributed by atoms with Gasteiger partial charge in [0.05, 0.1) is 5.75 Å². The standard InChI is InChI=1S/C17H19NO3S/c1-2-3-14-22(19,20)21-18-17(15-10-6-4-7-11-15)16-12-8-5-9-13-16/h4-13H,2-3,14H2,1H3. The second-order valence-electron chi connectivity index (χ2n) is 4.86. The molecule has 0 saturated carbocycles. The lowest BCUT2D eigenvalue weighted by Gasteiger charge is -2.07. The van der Waals surface area contributed by atoms with E-state index in [-0.39, 0.29) is 5.75 Å². The molecule has 2 aromatic rings. The lowest BCUT2D eigenvalue weighted by Crippen LogP contribution is -2.10. The highest BCUT2D eigenvalue weighted by atomic mass is 32.2. The van der Waals surface area contributed by atoms with Crippen LogP contribution in [0, 0.1) is 0 Å². The van der Waals surface area contributed by atoms with Gasteiger partial charge in [-0.2, -0.15) is 8.42 Å². The molecule has 0 fully saturated rings. The summed E-state index contributed by atoms with van der Waals surface area (Å²) in [4.78, 5) is 0. The Morgan fingerprint density at radius 2 is 1.45 bits per heavy atom. The van der Waals surface area contributed by atoms with Crippen molar-refractivity contribution < 1.29 is 12.7 Å². The first-order valence-corrected chi connectivity index (χ1v) is 8.80. The van der Waals surface area contributed by atoms with E-state index >= 15 is 0 Å². The van der Waals surface area contributed by atoms with Crippen molar-refractivity contribution in [1.29, 1.82) is 0 Å². The molecule has 22 heavy (non-hydrogen) atoms. The van der Waals surface area contributed by atoms with Gasteiger partial charge in [0.2, 0.25) is 0 Å². The van der Waals surface area contributed by atoms with Gasteiger partial charge < -0.3 is 0 Å². The molecule has 0 radical (unpaired) electrons. The maximum atomic E-state index is 11.8. The van der Waals surface area contributed by atoms with E-state index in [1.54, 1.807) is 0 Å². The molecule has 0 N–H and O–H groups in total. The van der Waals surface area contributed by atoms with E-state index < -0.39 is 10.1 Å². The molecule has 0 spiro atoms. The number of hydrogen-bond donors (Lipinski definition) is 0. The van der Waals surface area contributed by atoms with Crippen LogP contribution < -0.4 is 0 Å². The molecule has 4 nitrogen and oxygen atoms in total. The molecular weight excluding hydrogens is 298 g/mol. The molecular formula is C17H19NO3S. The van der Waals surface area contributed by atoms with Crippen molar-refractivity contribution >= 4 is 15.8 Å². The van der Waals surface area contributed by atoms with Crippen molar-refractivity contribution in [1.82, 2.24) is 0 Å². The van der Waals surface area contributed by atoms with Crippen LogP contribution in [0.2, 0.25) is 0 Å². The Morgan fingerprint density at radius 3 is 1.91 bits per heavy atom. The fourth-order valence-corrected chi connectivity index (χ4v) is 2.82.